The quantitative estimate of drug-likeness (QED) is 0.602. The molecule has 0 saturated carbocycles. The summed E-state index contributed by atoms with van der Waals surface area (Å²) in [5, 5.41) is 3.51. The van der Waals surface area contributed by atoms with Crippen LogP contribution in [-0.2, 0) is 4.74 Å². The van der Waals surface area contributed by atoms with E-state index in [0.29, 0.717) is 0 Å². The highest BCUT2D eigenvalue weighted by molar-refractivity contribution is 4.69. The highest BCUT2D eigenvalue weighted by Crippen LogP contribution is 1.97. The first-order chi connectivity index (χ1) is 8.33. The van der Waals surface area contributed by atoms with E-state index in [1.807, 2.05) is 6.92 Å². The van der Waals surface area contributed by atoms with Gasteiger partial charge in [0.2, 0.25) is 0 Å². The fourth-order valence-corrected chi connectivity index (χ4v) is 2.03. The number of ether oxygens (including phenoxy) is 1. The Morgan fingerprint density at radius 2 is 1.82 bits per heavy atom. The molecule has 0 aliphatic carbocycles. The molecule has 1 N–H and O–H groups in total. The van der Waals surface area contributed by atoms with Gasteiger partial charge in [-0.15, -0.1) is 0 Å². The highest BCUT2D eigenvalue weighted by atomic mass is 16.5. The molecular formula is C13H29N3O. The van der Waals surface area contributed by atoms with Gasteiger partial charge in [-0.3, -0.25) is 4.90 Å². The van der Waals surface area contributed by atoms with Gasteiger partial charge in [-0.1, -0.05) is 0 Å². The number of rotatable bonds is 9. The number of unbranched alkanes of at least 4 members (excludes halogenated alkanes) is 1. The molecule has 0 radical (unpaired) electrons. The second-order valence-electron chi connectivity index (χ2n) is 4.80. The summed E-state index contributed by atoms with van der Waals surface area (Å²) in [6.07, 6.45) is 2.40. The summed E-state index contributed by atoms with van der Waals surface area (Å²) in [6.45, 7) is 12.1. The van der Waals surface area contributed by atoms with E-state index in [-0.39, 0.29) is 0 Å². The van der Waals surface area contributed by atoms with E-state index in [1.54, 1.807) is 0 Å². The molecule has 17 heavy (non-hydrogen) atoms. The van der Waals surface area contributed by atoms with Crippen molar-refractivity contribution in [3.8, 4) is 0 Å². The summed E-state index contributed by atoms with van der Waals surface area (Å²) in [5.41, 5.74) is 0. The molecule has 0 aromatic rings. The van der Waals surface area contributed by atoms with Crippen LogP contribution in [-0.4, -0.2) is 75.9 Å². The first-order valence-electron chi connectivity index (χ1n) is 7.02. The van der Waals surface area contributed by atoms with Gasteiger partial charge in [0, 0.05) is 52.5 Å². The van der Waals surface area contributed by atoms with Gasteiger partial charge in [-0.25, -0.2) is 0 Å². The van der Waals surface area contributed by atoms with Gasteiger partial charge in [0.05, 0.1) is 0 Å². The van der Waals surface area contributed by atoms with Crippen molar-refractivity contribution in [3.63, 3.8) is 0 Å². The number of hydrogen-bond donors (Lipinski definition) is 1. The van der Waals surface area contributed by atoms with Crippen molar-refractivity contribution in [1.29, 1.82) is 0 Å². The van der Waals surface area contributed by atoms with Gasteiger partial charge in [0.1, 0.15) is 0 Å². The third-order valence-corrected chi connectivity index (χ3v) is 3.30. The van der Waals surface area contributed by atoms with Crippen LogP contribution in [0.2, 0.25) is 0 Å². The number of piperazine rings is 1. The third kappa shape index (κ3) is 7.71. The molecule has 4 heteroatoms. The standard InChI is InChI=1S/C13H29N3O/c1-3-17-13-5-4-6-14-7-8-16-11-9-15(2)10-12-16/h14H,3-13H2,1-2H3. The summed E-state index contributed by atoms with van der Waals surface area (Å²) in [4.78, 5) is 4.95. The number of likely N-dealkylation sites (N-methyl/N-ethyl adjacent to an activating group) is 1. The third-order valence-electron chi connectivity index (χ3n) is 3.30. The summed E-state index contributed by atoms with van der Waals surface area (Å²) < 4.78 is 5.30. The SMILES string of the molecule is CCOCCCCNCCN1CCN(C)CC1. The number of hydrogen-bond acceptors (Lipinski definition) is 4. The van der Waals surface area contributed by atoms with Crippen LogP contribution in [0, 0.1) is 0 Å². The molecule has 1 aliphatic heterocycles. The molecule has 1 fully saturated rings. The molecule has 0 atom stereocenters. The molecule has 0 aromatic heterocycles. The van der Waals surface area contributed by atoms with Crippen molar-refractivity contribution >= 4 is 0 Å². The first kappa shape index (κ1) is 14.9. The Labute approximate surface area is 106 Å². The van der Waals surface area contributed by atoms with Crippen LogP contribution in [0.25, 0.3) is 0 Å². The van der Waals surface area contributed by atoms with Crippen molar-refractivity contribution in [2.45, 2.75) is 19.8 Å². The summed E-state index contributed by atoms with van der Waals surface area (Å²) in [5.74, 6) is 0. The van der Waals surface area contributed by atoms with Crippen molar-refractivity contribution < 1.29 is 4.74 Å². The van der Waals surface area contributed by atoms with Crippen LogP contribution in [0.1, 0.15) is 19.8 Å². The van der Waals surface area contributed by atoms with E-state index in [9.17, 15) is 0 Å². The Kier molecular flexibility index (Phi) is 8.61. The monoisotopic (exact) mass is 243 g/mol. The molecular weight excluding hydrogens is 214 g/mol. The van der Waals surface area contributed by atoms with Crippen LogP contribution < -0.4 is 5.32 Å². The minimum Gasteiger partial charge on any atom is -0.382 e. The van der Waals surface area contributed by atoms with Gasteiger partial charge in [0.15, 0.2) is 0 Å². The van der Waals surface area contributed by atoms with Gasteiger partial charge < -0.3 is 15.0 Å². The van der Waals surface area contributed by atoms with E-state index in [0.717, 1.165) is 26.3 Å². The van der Waals surface area contributed by atoms with E-state index in [4.69, 9.17) is 4.74 Å². The summed E-state index contributed by atoms with van der Waals surface area (Å²) >= 11 is 0. The van der Waals surface area contributed by atoms with Crippen LogP contribution >= 0.6 is 0 Å². The number of nitrogens with zero attached hydrogens (tertiary/aromatic N) is 2. The first-order valence-corrected chi connectivity index (χ1v) is 7.02. The van der Waals surface area contributed by atoms with Crippen LogP contribution in [0.4, 0.5) is 0 Å². The highest BCUT2D eigenvalue weighted by Gasteiger charge is 2.12. The topological polar surface area (TPSA) is 27.7 Å². The largest absolute Gasteiger partial charge is 0.382 e. The lowest BCUT2D eigenvalue weighted by Gasteiger charge is -2.32. The second kappa shape index (κ2) is 9.83. The number of nitrogens with one attached hydrogen (secondary N) is 1. The van der Waals surface area contributed by atoms with Gasteiger partial charge in [-0.05, 0) is 33.4 Å². The maximum atomic E-state index is 5.30. The minimum absolute atomic E-state index is 0.844. The lowest BCUT2D eigenvalue weighted by atomic mass is 10.3. The van der Waals surface area contributed by atoms with Crippen LogP contribution in [0.15, 0.2) is 0 Å². The maximum Gasteiger partial charge on any atom is 0.0466 e. The predicted molar refractivity (Wildman–Crippen MR) is 72.5 cm³/mol. The molecule has 4 nitrogen and oxygen atoms in total. The molecule has 1 heterocycles. The smallest absolute Gasteiger partial charge is 0.0466 e. The normalized spacial score (nSPS) is 18.7. The average Bonchev–Trinajstić information content (AvgIpc) is 2.35. The maximum absolute atomic E-state index is 5.30. The van der Waals surface area contributed by atoms with E-state index < -0.39 is 0 Å². The van der Waals surface area contributed by atoms with Crippen LogP contribution in [0.3, 0.4) is 0 Å². The van der Waals surface area contributed by atoms with Crippen molar-refractivity contribution in [2.75, 3.05) is 66.1 Å². The molecule has 1 aliphatic rings. The van der Waals surface area contributed by atoms with Crippen molar-refractivity contribution in [2.24, 2.45) is 0 Å². The van der Waals surface area contributed by atoms with Crippen molar-refractivity contribution in [3.05, 3.63) is 0 Å². The van der Waals surface area contributed by atoms with Crippen LogP contribution in [0.5, 0.6) is 0 Å². The van der Waals surface area contributed by atoms with E-state index >= 15 is 0 Å². The van der Waals surface area contributed by atoms with Gasteiger partial charge in [0.25, 0.3) is 0 Å². The molecule has 0 aromatic carbocycles. The Hall–Kier alpha value is -0.160. The predicted octanol–water partition coefficient (Wildman–Crippen LogP) is 0.640. The van der Waals surface area contributed by atoms with Crippen molar-refractivity contribution in [1.82, 2.24) is 15.1 Å². The zero-order chi connectivity index (χ0) is 12.3. The lowest BCUT2D eigenvalue weighted by molar-refractivity contribution is 0.142. The molecule has 0 bridgehead atoms. The molecule has 1 rings (SSSR count). The molecule has 0 amide bonds. The molecule has 0 spiro atoms. The minimum atomic E-state index is 0.844. The van der Waals surface area contributed by atoms with Gasteiger partial charge >= 0.3 is 0 Å². The van der Waals surface area contributed by atoms with Gasteiger partial charge in [-0.2, -0.15) is 0 Å². The Balaban J connectivity index is 1.81. The lowest BCUT2D eigenvalue weighted by Crippen LogP contribution is -2.46. The Morgan fingerprint density at radius 3 is 2.53 bits per heavy atom. The Morgan fingerprint density at radius 1 is 1.06 bits per heavy atom. The Bertz CT molecular complexity index is 170. The zero-order valence-corrected chi connectivity index (χ0v) is 11.6. The second-order valence-corrected chi connectivity index (χ2v) is 4.80. The van der Waals surface area contributed by atoms with E-state index in [1.165, 1.54) is 45.6 Å². The molecule has 102 valence electrons. The molecule has 1 saturated heterocycles. The fraction of sp³-hybridized carbons (Fsp3) is 1.00. The summed E-state index contributed by atoms with van der Waals surface area (Å²) in [6, 6.07) is 0. The zero-order valence-electron chi connectivity index (χ0n) is 11.6. The van der Waals surface area contributed by atoms with E-state index in [2.05, 4.69) is 22.2 Å². The molecule has 0 unspecified atom stereocenters. The average molecular weight is 243 g/mol. The fourth-order valence-electron chi connectivity index (χ4n) is 2.03. The summed E-state index contributed by atoms with van der Waals surface area (Å²) in [7, 11) is 2.20.